The third-order valence-electron chi connectivity index (χ3n) is 4.60. The number of halogens is 1. The van der Waals surface area contributed by atoms with E-state index in [1.165, 1.54) is 24.2 Å². The van der Waals surface area contributed by atoms with Gasteiger partial charge in [-0.05, 0) is 49.0 Å². The predicted molar refractivity (Wildman–Crippen MR) is 123 cm³/mol. The van der Waals surface area contributed by atoms with Crippen LogP contribution in [0.4, 0.5) is 0 Å². The van der Waals surface area contributed by atoms with Crippen LogP contribution in [0.15, 0.2) is 23.2 Å². The zero-order valence-electron chi connectivity index (χ0n) is 16.3. The largest absolute Gasteiger partial charge is 0.497 e. The number of thioether (sulfide) groups is 1. The Bertz CT molecular complexity index is 549. The van der Waals surface area contributed by atoms with Crippen molar-refractivity contribution in [2.45, 2.75) is 25.2 Å². The number of unbranched alkanes of at least 4 members (excludes halogenated alkanes) is 1. The van der Waals surface area contributed by atoms with Crippen molar-refractivity contribution in [3.8, 4) is 11.5 Å². The van der Waals surface area contributed by atoms with Gasteiger partial charge in [0.15, 0.2) is 5.96 Å². The molecule has 5 nitrogen and oxygen atoms in total. The molecule has 148 valence electrons. The number of ether oxygens (including phenoxy) is 2. The number of methoxy groups -OCH3 is 2. The van der Waals surface area contributed by atoms with Crippen LogP contribution in [-0.4, -0.2) is 63.8 Å². The second-order valence-electron chi connectivity index (χ2n) is 6.25. The minimum Gasteiger partial charge on any atom is -0.497 e. The van der Waals surface area contributed by atoms with Crippen LogP contribution in [0.5, 0.6) is 11.5 Å². The zero-order chi connectivity index (χ0) is 18.1. The Morgan fingerprint density at radius 3 is 2.50 bits per heavy atom. The fourth-order valence-corrected chi connectivity index (χ4v) is 3.69. The SMILES string of the molecule is CN=C(NCCCCSC)N1CCC(c2cc(OC)cc(OC)c2)C1.I. The molecule has 26 heavy (non-hydrogen) atoms. The van der Waals surface area contributed by atoms with E-state index in [1.54, 1.807) is 14.2 Å². The lowest BCUT2D eigenvalue weighted by atomic mass is 9.98. The van der Waals surface area contributed by atoms with Gasteiger partial charge in [0.2, 0.25) is 0 Å². The summed E-state index contributed by atoms with van der Waals surface area (Å²) in [5.74, 6) is 4.41. The van der Waals surface area contributed by atoms with Crippen molar-refractivity contribution in [1.82, 2.24) is 10.2 Å². The number of nitrogens with zero attached hydrogens (tertiary/aromatic N) is 2. The average molecular weight is 493 g/mol. The average Bonchev–Trinajstić information content (AvgIpc) is 3.14. The molecular weight excluding hydrogens is 461 g/mol. The van der Waals surface area contributed by atoms with Crippen molar-refractivity contribution in [1.29, 1.82) is 0 Å². The van der Waals surface area contributed by atoms with E-state index in [0.29, 0.717) is 5.92 Å². The van der Waals surface area contributed by atoms with Gasteiger partial charge in [0, 0.05) is 38.7 Å². The van der Waals surface area contributed by atoms with E-state index < -0.39 is 0 Å². The summed E-state index contributed by atoms with van der Waals surface area (Å²) in [6.45, 7) is 2.98. The summed E-state index contributed by atoms with van der Waals surface area (Å²) in [5.41, 5.74) is 1.27. The van der Waals surface area contributed by atoms with E-state index in [0.717, 1.165) is 43.5 Å². The molecule has 7 heteroatoms. The number of nitrogens with one attached hydrogen (secondary N) is 1. The van der Waals surface area contributed by atoms with Gasteiger partial charge in [0.1, 0.15) is 11.5 Å². The van der Waals surface area contributed by atoms with Crippen LogP contribution in [0.2, 0.25) is 0 Å². The molecule has 0 saturated carbocycles. The first kappa shape index (κ1) is 23.2. The number of hydrogen-bond donors (Lipinski definition) is 1. The lowest BCUT2D eigenvalue weighted by molar-refractivity contribution is 0.392. The molecule has 1 aliphatic rings. The molecule has 1 unspecified atom stereocenters. The number of likely N-dealkylation sites (tertiary alicyclic amines) is 1. The maximum absolute atomic E-state index is 5.41. The van der Waals surface area contributed by atoms with E-state index in [2.05, 4.69) is 33.6 Å². The Labute approximate surface area is 179 Å². The number of benzene rings is 1. The van der Waals surface area contributed by atoms with Crippen LogP contribution in [0.25, 0.3) is 0 Å². The molecule has 1 aromatic carbocycles. The van der Waals surface area contributed by atoms with Gasteiger partial charge in [-0.1, -0.05) is 0 Å². The van der Waals surface area contributed by atoms with E-state index in [-0.39, 0.29) is 24.0 Å². The molecule has 1 aliphatic heterocycles. The van der Waals surface area contributed by atoms with E-state index >= 15 is 0 Å². The van der Waals surface area contributed by atoms with Crippen LogP contribution in [0.1, 0.15) is 30.7 Å². The highest BCUT2D eigenvalue weighted by Gasteiger charge is 2.26. The van der Waals surface area contributed by atoms with Gasteiger partial charge in [-0.3, -0.25) is 4.99 Å². The van der Waals surface area contributed by atoms with Gasteiger partial charge >= 0.3 is 0 Å². The third kappa shape index (κ3) is 6.72. The van der Waals surface area contributed by atoms with Crippen molar-refractivity contribution >= 4 is 41.7 Å². The van der Waals surface area contributed by atoms with Gasteiger partial charge in [-0.2, -0.15) is 11.8 Å². The molecule has 1 saturated heterocycles. The summed E-state index contributed by atoms with van der Waals surface area (Å²) in [7, 11) is 5.26. The van der Waals surface area contributed by atoms with Gasteiger partial charge in [0.05, 0.1) is 14.2 Å². The van der Waals surface area contributed by atoms with Gasteiger partial charge in [0.25, 0.3) is 0 Å². The van der Waals surface area contributed by atoms with Crippen molar-refractivity contribution in [3.05, 3.63) is 23.8 Å². The third-order valence-corrected chi connectivity index (χ3v) is 5.30. The number of hydrogen-bond acceptors (Lipinski definition) is 4. The molecule has 1 aromatic rings. The maximum atomic E-state index is 5.41. The predicted octanol–water partition coefficient (Wildman–Crippen LogP) is 3.83. The summed E-state index contributed by atoms with van der Waals surface area (Å²) in [4.78, 5) is 6.81. The molecule has 0 aromatic heterocycles. The van der Waals surface area contributed by atoms with Crippen molar-refractivity contribution in [3.63, 3.8) is 0 Å². The van der Waals surface area contributed by atoms with Crippen LogP contribution in [0.3, 0.4) is 0 Å². The molecule has 1 N–H and O–H groups in total. The zero-order valence-corrected chi connectivity index (χ0v) is 19.4. The van der Waals surface area contributed by atoms with Gasteiger partial charge in [-0.25, -0.2) is 0 Å². The highest BCUT2D eigenvalue weighted by Crippen LogP contribution is 2.32. The Kier molecular flexibility index (Phi) is 11.2. The Morgan fingerprint density at radius 1 is 1.23 bits per heavy atom. The lowest BCUT2D eigenvalue weighted by Gasteiger charge is -2.22. The topological polar surface area (TPSA) is 46.1 Å². The van der Waals surface area contributed by atoms with Gasteiger partial charge < -0.3 is 19.7 Å². The fraction of sp³-hybridized carbons (Fsp3) is 0.632. The highest BCUT2D eigenvalue weighted by atomic mass is 127. The summed E-state index contributed by atoms with van der Waals surface area (Å²) in [6.07, 6.45) is 5.70. The van der Waals surface area contributed by atoms with Crippen molar-refractivity contribution in [2.75, 3.05) is 52.9 Å². The maximum Gasteiger partial charge on any atom is 0.193 e. The van der Waals surface area contributed by atoms with Crippen LogP contribution in [0, 0.1) is 0 Å². The summed E-state index contributed by atoms with van der Waals surface area (Å²) in [5, 5.41) is 3.50. The van der Waals surface area contributed by atoms with Crippen LogP contribution >= 0.6 is 35.7 Å². The first-order valence-electron chi connectivity index (χ1n) is 8.89. The Hall–Kier alpha value is -0.830. The van der Waals surface area contributed by atoms with Crippen molar-refractivity contribution in [2.24, 2.45) is 4.99 Å². The monoisotopic (exact) mass is 493 g/mol. The molecule has 0 amide bonds. The minimum atomic E-state index is 0. The molecular formula is C19H32IN3O2S. The molecule has 0 aliphatic carbocycles. The summed E-state index contributed by atoms with van der Waals surface area (Å²) < 4.78 is 10.8. The van der Waals surface area contributed by atoms with Crippen LogP contribution in [-0.2, 0) is 0 Å². The molecule has 1 atom stereocenters. The number of aliphatic imine (C=N–C) groups is 1. The molecule has 0 bridgehead atoms. The van der Waals surface area contributed by atoms with E-state index in [9.17, 15) is 0 Å². The lowest BCUT2D eigenvalue weighted by Crippen LogP contribution is -2.40. The summed E-state index contributed by atoms with van der Waals surface area (Å²) in [6, 6.07) is 6.16. The normalized spacial score (nSPS) is 17.0. The standard InChI is InChI=1S/C19H31N3O2S.HI/c1-20-19(21-8-5-6-10-25-4)22-9-7-15(14-22)16-11-17(23-2)13-18(12-16)24-3;/h11-13,15H,5-10,14H2,1-4H3,(H,20,21);1H. The van der Waals surface area contributed by atoms with Crippen LogP contribution < -0.4 is 14.8 Å². The minimum absolute atomic E-state index is 0. The van der Waals surface area contributed by atoms with Gasteiger partial charge in [-0.15, -0.1) is 24.0 Å². The Morgan fingerprint density at radius 2 is 1.92 bits per heavy atom. The van der Waals surface area contributed by atoms with E-state index in [1.807, 2.05) is 24.9 Å². The first-order chi connectivity index (χ1) is 12.2. The molecule has 1 heterocycles. The molecule has 0 spiro atoms. The summed E-state index contributed by atoms with van der Waals surface area (Å²) >= 11 is 1.91. The quantitative estimate of drug-likeness (QED) is 0.258. The highest BCUT2D eigenvalue weighted by molar-refractivity contribution is 14.0. The molecule has 2 rings (SSSR count). The fourth-order valence-electron chi connectivity index (χ4n) is 3.19. The smallest absolute Gasteiger partial charge is 0.193 e. The van der Waals surface area contributed by atoms with Crippen molar-refractivity contribution < 1.29 is 9.47 Å². The Balaban J connectivity index is 0.00000338. The molecule has 1 fully saturated rings. The number of guanidine groups is 1. The first-order valence-corrected chi connectivity index (χ1v) is 10.3. The number of rotatable bonds is 8. The molecule has 0 radical (unpaired) electrons. The second-order valence-corrected chi connectivity index (χ2v) is 7.24. The van der Waals surface area contributed by atoms with E-state index in [4.69, 9.17) is 9.47 Å². The second kappa shape index (κ2) is 12.5.